The fraction of sp³-hybridized carbons (Fsp3) is 0.409. The Morgan fingerprint density at radius 3 is 2.12 bits per heavy atom. The van der Waals surface area contributed by atoms with Crippen LogP contribution in [0.4, 0.5) is 0 Å². The van der Waals surface area contributed by atoms with Crippen LogP contribution in [-0.4, -0.2) is 12.6 Å². The summed E-state index contributed by atoms with van der Waals surface area (Å²) in [6.07, 6.45) is 7.58. The molecule has 128 valence electrons. The molecule has 0 bridgehead atoms. The molecule has 0 amide bonds. The minimum absolute atomic E-state index is 0.129. The van der Waals surface area contributed by atoms with E-state index in [2.05, 4.69) is 31.2 Å². The molecule has 0 spiro atoms. The van der Waals surface area contributed by atoms with Crippen LogP contribution in [0.3, 0.4) is 0 Å². The first-order valence-corrected chi connectivity index (χ1v) is 9.09. The quantitative estimate of drug-likeness (QED) is 0.408. The highest BCUT2D eigenvalue weighted by atomic mass is 16.5. The lowest BCUT2D eigenvalue weighted by Crippen LogP contribution is -2.09. The molecule has 0 heterocycles. The number of hydrogen-bond acceptors (Lipinski definition) is 2. The Morgan fingerprint density at radius 2 is 1.42 bits per heavy atom. The average molecular weight is 324 g/mol. The molecule has 0 N–H and O–H groups in total. The summed E-state index contributed by atoms with van der Waals surface area (Å²) < 4.78 is 5.33. The van der Waals surface area contributed by atoms with Crippen molar-refractivity contribution in [2.75, 3.05) is 6.61 Å². The van der Waals surface area contributed by atoms with Crippen molar-refractivity contribution in [2.24, 2.45) is 0 Å². The van der Waals surface area contributed by atoms with E-state index in [0.29, 0.717) is 13.0 Å². The summed E-state index contributed by atoms with van der Waals surface area (Å²) in [4.78, 5) is 11.9. The van der Waals surface area contributed by atoms with Crippen molar-refractivity contribution in [2.45, 2.75) is 51.9 Å². The van der Waals surface area contributed by atoms with Crippen LogP contribution in [0.25, 0.3) is 11.1 Å². The topological polar surface area (TPSA) is 26.3 Å². The second-order valence-corrected chi connectivity index (χ2v) is 6.23. The van der Waals surface area contributed by atoms with Crippen LogP contribution >= 0.6 is 0 Å². The average Bonchev–Trinajstić information content (AvgIpc) is 2.62. The van der Waals surface area contributed by atoms with Crippen LogP contribution in [0.15, 0.2) is 54.6 Å². The minimum Gasteiger partial charge on any atom is -0.465 e. The second-order valence-electron chi connectivity index (χ2n) is 6.23. The molecule has 0 saturated heterocycles. The molecule has 2 aromatic rings. The van der Waals surface area contributed by atoms with Gasteiger partial charge in [-0.15, -0.1) is 0 Å². The van der Waals surface area contributed by atoms with Gasteiger partial charge in [-0.3, -0.25) is 4.79 Å². The zero-order valence-corrected chi connectivity index (χ0v) is 14.7. The van der Waals surface area contributed by atoms with Gasteiger partial charge in [0.15, 0.2) is 0 Å². The maximum Gasteiger partial charge on any atom is 0.310 e. The van der Waals surface area contributed by atoms with Crippen molar-refractivity contribution in [3.63, 3.8) is 0 Å². The second kappa shape index (κ2) is 10.6. The molecule has 0 radical (unpaired) electrons. The molecule has 0 aliphatic carbocycles. The number of benzene rings is 2. The number of esters is 1. The third-order valence-corrected chi connectivity index (χ3v) is 4.17. The Bertz CT molecular complexity index is 587. The Hall–Kier alpha value is -2.09. The maximum absolute atomic E-state index is 11.9. The van der Waals surface area contributed by atoms with Crippen molar-refractivity contribution < 1.29 is 9.53 Å². The highest BCUT2D eigenvalue weighted by Crippen LogP contribution is 2.19. The summed E-state index contributed by atoms with van der Waals surface area (Å²) in [5.41, 5.74) is 3.36. The van der Waals surface area contributed by atoms with Gasteiger partial charge in [-0.2, -0.15) is 0 Å². The SMILES string of the molecule is CCCCCCCCOC(=O)Cc1ccc(-c2ccccc2)cc1. The van der Waals surface area contributed by atoms with Crippen molar-refractivity contribution >= 4 is 5.97 Å². The number of rotatable bonds is 10. The number of hydrogen-bond donors (Lipinski definition) is 0. The van der Waals surface area contributed by atoms with E-state index >= 15 is 0 Å². The molecule has 2 rings (SSSR count). The van der Waals surface area contributed by atoms with E-state index in [1.807, 2.05) is 30.3 Å². The minimum atomic E-state index is -0.129. The van der Waals surface area contributed by atoms with Gasteiger partial charge in [-0.1, -0.05) is 93.6 Å². The van der Waals surface area contributed by atoms with Gasteiger partial charge in [-0.25, -0.2) is 0 Å². The molecule has 0 aliphatic rings. The van der Waals surface area contributed by atoms with E-state index in [9.17, 15) is 4.79 Å². The number of carbonyl (C=O) groups excluding carboxylic acids is 1. The molecule has 2 aromatic carbocycles. The van der Waals surface area contributed by atoms with E-state index in [1.54, 1.807) is 0 Å². The van der Waals surface area contributed by atoms with Gasteiger partial charge in [0.25, 0.3) is 0 Å². The van der Waals surface area contributed by atoms with Gasteiger partial charge in [0.05, 0.1) is 13.0 Å². The molecule has 0 atom stereocenters. The zero-order valence-electron chi connectivity index (χ0n) is 14.7. The van der Waals surface area contributed by atoms with Gasteiger partial charge in [0, 0.05) is 0 Å². The largest absolute Gasteiger partial charge is 0.465 e. The predicted molar refractivity (Wildman–Crippen MR) is 99.9 cm³/mol. The Labute approximate surface area is 145 Å². The normalized spacial score (nSPS) is 10.5. The van der Waals surface area contributed by atoms with E-state index in [-0.39, 0.29) is 5.97 Å². The van der Waals surface area contributed by atoms with E-state index in [4.69, 9.17) is 4.74 Å². The maximum atomic E-state index is 11.9. The summed E-state index contributed by atoms with van der Waals surface area (Å²) in [5.74, 6) is -0.129. The van der Waals surface area contributed by atoms with Crippen molar-refractivity contribution in [3.8, 4) is 11.1 Å². The van der Waals surface area contributed by atoms with Gasteiger partial charge in [0.1, 0.15) is 0 Å². The summed E-state index contributed by atoms with van der Waals surface area (Å²) in [6.45, 7) is 2.77. The molecule has 2 nitrogen and oxygen atoms in total. The molecule has 0 saturated carbocycles. The molecular formula is C22H28O2. The van der Waals surface area contributed by atoms with E-state index in [1.165, 1.54) is 36.8 Å². The number of carbonyl (C=O) groups is 1. The lowest BCUT2D eigenvalue weighted by Gasteiger charge is -2.06. The van der Waals surface area contributed by atoms with Crippen molar-refractivity contribution in [1.82, 2.24) is 0 Å². The van der Waals surface area contributed by atoms with Crippen molar-refractivity contribution in [3.05, 3.63) is 60.2 Å². The van der Waals surface area contributed by atoms with Crippen LogP contribution in [-0.2, 0) is 16.0 Å². The Kier molecular flexibility index (Phi) is 8.09. The molecule has 24 heavy (non-hydrogen) atoms. The summed E-state index contributed by atoms with van der Waals surface area (Å²) in [6, 6.07) is 18.4. The van der Waals surface area contributed by atoms with E-state index in [0.717, 1.165) is 18.4 Å². The van der Waals surface area contributed by atoms with Crippen molar-refractivity contribution in [1.29, 1.82) is 0 Å². The lowest BCUT2D eigenvalue weighted by molar-refractivity contribution is -0.142. The lowest BCUT2D eigenvalue weighted by atomic mass is 10.0. The molecule has 0 fully saturated rings. The first kappa shape index (κ1) is 18.3. The molecule has 0 aliphatic heterocycles. The monoisotopic (exact) mass is 324 g/mol. The first-order valence-electron chi connectivity index (χ1n) is 9.09. The van der Waals surface area contributed by atoms with Gasteiger partial charge in [-0.05, 0) is 23.1 Å². The third-order valence-electron chi connectivity index (χ3n) is 4.17. The van der Waals surface area contributed by atoms with Crippen LogP contribution in [0.5, 0.6) is 0 Å². The highest BCUT2D eigenvalue weighted by Gasteiger charge is 2.05. The van der Waals surface area contributed by atoms with Crippen LogP contribution in [0.1, 0.15) is 51.0 Å². The smallest absolute Gasteiger partial charge is 0.310 e. The summed E-state index contributed by atoms with van der Waals surface area (Å²) in [7, 11) is 0. The standard InChI is InChI=1S/C22H28O2/c1-2-3-4-5-6-10-17-24-22(23)18-19-13-15-21(16-14-19)20-11-8-7-9-12-20/h7-9,11-16H,2-6,10,17-18H2,1H3. The third kappa shape index (κ3) is 6.57. The fourth-order valence-corrected chi connectivity index (χ4v) is 2.73. The number of ether oxygens (including phenoxy) is 1. The molecule has 2 heteroatoms. The zero-order chi connectivity index (χ0) is 17.0. The van der Waals surface area contributed by atoms with Gasteiger partial charge in [0.2, 0.25) is 0 Å². The first-order chi connectivity index (χ1) is 11.8. The van der Waals surface area contributed by atoms with E-state index < -0.39 is 0 Å². The summed E-state index contributed by atoms with van der Waals surface area (Å²) in [5, 5.41) is 0. The Morgan fingerprint density at radius 1 is 0.792 bits per heavy atom. The van der Waals surface area contributed by atoms with Crippen LogP contribution in [0.2, 0.25) is 0 Å². The number of unbranched alkanes of at least 4 members (excludes halogenated alkanes) is 5. The molecular weight excluding hydrogens is 296 g/mol. The van der Waals surface area contributed by atoms with Gasteiger partial charge >= 0.3 is 5.97 Å². The fourth-order valence-electron chi connectivity index (χ4n) is 2.73. The van der Waals surface area contributed by atoms with Crippen LogP contribution in [0, 0.1) is 0 Å². The highest BCUT2D eigenvalue weighted by molar-refractivity contribution is 5.73. The van der Waals surface area contributed by atoms with Crippen LogP contribution < -0.4 is 0 Å². The molecule has 0 unspecified atom stereocenters. The molecule has 0 aromatic heterocycles. The summed E-state index contributed by atoms with van der Waals surface area (Å²) >= 11 is 0. The van der Waals surface area contributed by atoms with Gasteiger partial charge < -0.3 is 4.74 Å². The predicted octanol–water partition coefficient (Wildman–Crippen LogP) is 5.80. The Balaban J connectivity index is 1.69.